The number of nitrogens with two attached hydrogens (primary N) is 1. The van der Waals surface area contributed by atoms with Crippen LogP contribution in [-0.4, -0.2) is 53.9 Å². The third kappa shape index (κ3) is 3.30. The maximum absolute atomic E-state index is 12.4. The number of hydrogen-bond acceptors (Lipinski definition) is 4. The van der Waals surface area contributed by atoms with Gasteiger partial charge in [0, 0.05) is 31.4 Å². The SMILES string of the molecule is CN1CCC(N(C)C(=O)c2ccnc(CN)c2)CC1. The molecule has 2 rings (SSSR count). The van der Waals surface area contributed by atoms with Crippen LogP contribution in [0.5, 0.6) is 0 Å². The number of carbonyl (C=O) groups is 1. The maximum atomic E-state index is 12.4. The van der Waals surface area contributed by atoms with Crippen LogP contribution in [0.15, 0.2) is 18.3 Å². The van der Waals surface area contributed by atoms with Gasteiger partial charge in [0.2, 0.25) is 0 Å². The van der Waals surface area contributed by atoms with Gasteiger partial charge in [-0.15, -0.1) is 0 Å². The second-order valence-electron chi connectivity index (χ2n) is 5.19. The highest BCUT2D eigenvalue weighted by Crippen LogP contribution is 2.16. The van der Waals surface area contributed by atoms with Gasteiger partial charge < -0.3 is 15.5 Å². The minimum absolute atomic E-state index is 0.0617. The summed E-state index contributed by atoms with van der Waals surface area (Å²) < 4.78 is 0. The summed E-state index contributed by atoms with van der Waals surface area (Å²) in [6, 6.07) is 3.87. The Morgan fingerprint density at radius 2 is 2.21 bits per heavy atom. The zero-order chi connectivity index (χ0) is 13.8. The van der Waals surface area contributed by atoms with Gasteiger partial charge in [-0.05, 0) is 45.1 Å². The molecule has 0 bridgehead atoms. The molecule has 2 heterocycles. The number of carbonyl (C=O) groups excluding carboxylic acids is 1. The van der Waals surface area contributed by atoms with Crippen molar-refractivity contribution in [3.05, 3.63) is 29.6 Å². The molecule has 19 heavy (non-hydrogen) atoms. The zero-order valence-corrected chi connectivity index (χ0v) is 11.7. The van der Waals surface area contributed by atoms with Gasteiger partial charge in [0.25, 0.3) is 5.91 Å². The van der Waals surface area contributed by atoms with Crippen molar-refractivity contribution in [2.45, 2.75) is 25.4 Å². The molecule has 1 fully saturated rings. The topological polar surface area (TPSA) is 62.5 Å². The highest BCUT2D eigenvalue weighted by atomic mass is 16.2. The molecule has 0 aromatic carbocycles. The van der Waals surface area contributed by atoms with Crippen molar-refractivity contribution in [1.82, 2.24) is 14.8 Å². The third-order valence-corrected chi connectivity index (χ3v) is 3.83. The average Bonchev–Trinajstić information content (AvgIpc) is 2.46. The van der Waals surface area contributed by atoms with Crippen molar-refractivity contribution >= 4 is 5.91 Å². The van der Waals surface area contributed by atoms with Crippen LogP contribution in [0.2, 0.25) is 0 Å². The zero-order valence-electron chi connectivity index (χ0n) is 11.7. The Balaban J connectivity index is 2.05. The summed E-state index contributed by atoms with van der Waals surface area (Å²) in [5, 5.41) is 0. The van der Waals surface area contributed by atoms with Gasteiger partial charge in [-0.25, -0.2) is 0 Å². The van der Waals surface area contributed by atoms with Gasteiger partial charge in [0.05, 0.1) is 5.69 Å². The fourth-order valence-electron chi connectivity index (χ4n) is 2.47. The van der Waals surface area contributed by atoms with Crippen molar-refractivity contribution in [3.63, 3.8) is 0 Å². The van der Waals surface area contributed by atoms with E-state index in [4.69, 9.17) is 5.73 Å². The Kier molecular flexibility index (Phi) is 4.50. The van der Waals surface area contributed by atoms with E-state index >= 15 is 0 Å². The molecule has 0 radical (unpaired) electrons. The van der Waals surface area contributed by atoms with Gasteiger partial charge in [0.1, 0.15) is 0 Å². The predicted molar refractivity (Wildman–Crippen MR) is 74.7 cm³/mol. The Hall–Kier alpha value is -1.46. The highest BCUT2D eigenvalue weighted by molar-refractivity contribution is 5.94. The average molecular weight is 262 g/mol. The lowest BCUT2D eigenvalue weighted by molar-refractivity contribution is 0.0659. The Morgan fingerprint density at radius 3 is 2.84 bits per heavy atom. The summed E-state index contributed by atoms with van der Waals surface area (Å²) in [5.74, 6) is 0.0617. The molecule has 0 unspecified atom stereocenters. The van der Waals surface area contributed by atoms with Crippen LogP contribution < -0.4 is 5.73 Å². The Labute approximate surface area is 114 Å². The molecule has 0 atom stereocenters. The molecule has 5 nitrogen and oxygen atoms in total. The summed E-state index contributed by atoms with van der Waals surface area (Å²) in [4.78, 5) is 20.7. The van der Waals surface area contributed by atoms with Crippen LogP contribution in [0.25, 0.3) is 0 Å². The van der Waals surface area contributed by atoms with E-state index in [0.29, 0.717) is 18.2 Å². The van der Waals surface area contributed by atoms with E-state index in [9.17, 15) is 4.79 Å². The van der Waals surface area contributed by atoms with Crippen LogP contribution in [0, 0.1) is 0 Å². The van der Waals surface area contributed by atoms with E-state index < -0.39 is 0 Å². The molecule has 0 saturated carbocycles. The van der Waals surface area contributed by atoms with Crippen LogP contribution in [-0.2, 0) is 6.54 Å². The monoisotopic (exact) mass is 262 g/mol. The second kappa shape index (κ2) is 6.12. The van der Waals surface area contributed by atoms with E-state index in [0.717, 1.165) is 31.6 Å². The molecular formula is C14H22N4O. The predicted octanol–water partition coefficient (Wildman–Crippen LogP) is 0.707. The lowest BCUT2D eigenvalue weighted by atomic mass is 10.0. The molecule has 5 heteroatoms. The van der Waals surface area contributed by atoms with Crippen LogP contribution in [0.4, 0.5) is 0 Å². The smallest absolute Gasteiger partial charge is 0.253 e. The number of pyridine rings is 1. The largest absolute Gasteiger partial charge is 0.339 e. The van der Waals surface area contributed by atoms with E-state index in [1.54, 1.807) is 18.3 Å². The number of hydrogen-bond donors (Lipinski definition) is 1. The van der Waals surface area contributed by atoms with E-state index in [1.807, 2.05) is 11.9 Å². The molecule has 1 amide bonds. The number of rotatable bonds is 3. The molecular weight excluding hydrogens is 240 g/mol. The first-order valence-corrected chi connectivity index (χ1v) is 6.72. The molecule has 0 aliphatic carbocycles. The normalized spacial score (nSPS) is 17.4. The summed E-state index contributed by atoms with van der Waals surface area (Å²) in [6.07, 6.45) is 3.72. The molecule has 0 spiro atoms. The summed E-state index contributed by atoms with van der Waals surface area (Å²) >= 11 is 0. The lowest BCUT2D eigenvalue weighted by Gasteiger charge is -2.35. The molecule has 1 saturated heterocycles. The molecule has 1 aromatic rings. The number of aromatic nitrogens is 1. The van der Waals surface area contributed by atoms with Gasteiger partial charge >= 0.3 is 0 Å². The first kappa shape index (κ1) is 14.0. The van der Waals surface area contributed by atoms with Crippen molar-refractivity contribution in [1.29, 1.82) is 0 Å². The van der Waals surface area contributed by atoms with Crippen molar-refractivity contribution in [2.24, 2.45) is 5.73 Å². The van der Waals surface area contributed by atoms with Gasteiger partial charge in [-0.3, -0.25) is 9.78 Å². The summed E-state index contributed by atoms with van der Waals surface area (Å²) in [5.41, 5.74) is 6.99. The van der Waals surface area contributed by atoms with Crippen molar-refractivity contribution in [3.8, 4) is 0 Å². The van der Waals surface area contributed by atoms with Crippen molar-refractivity contribution < 1.29 is 4.79 Å². The fourth-order valence-corrected chi connectivity index (χ4v) is 2.47. The number of nitrogens with zero attached hydrogens (tertiary/aromatic N) is 3. The molecule has 1 aliphatic heterocycles. The van der Waals surface area contributed by atoms with Gasteiger partial charge in [-0.2, -0.15) is 0 Å². The standard InChI is InChI=1S/C14H22N4O/c1-17-7-4-13(5-8-17)18(2)14(19)11-3-6-16-12(9-11)10-15/h3,6,9,13H,4-5,7-8,10,15H2,1-2H3. The summed E-state index contributed by atoms with van der Waals surface area (Å²) in [6.45, 7) is 2.46. The maximum Gasteiger partial charge on any atom is 0.253 e. The van der Waals surface area contributed by atoms with Gasteiger partial charge in [-0.1, -0.05) is 0 Å². The van der Waals surface area contributed by atoms with Crippen molar-refractivity contribution in [2.75, 3.05) is 27.2 Å². The molecule has 1 aliphatic rings. The van der Waals surface area contributed by atoms with E-state index in [2.05, 4.69) is 16.9 Å². The summed E-state index contributed by atoms with van der Waals surface area (Å²) in [7, 11) is 4.01. The number of amides is 1. The fraction of sp³-hybridized carbons (Fsp3) is 0.571. The highest BCUT2D eigenvalue weighted by Gasteiger charge is 2.24. The quantitative estimate of drug-likeness (QED) is 0.871. The second-order valence-corrected chi connectivity index (χ2v) is 5.19. The van der Waals surface area contributed by atoms with E-state index in [-0.39, 0.29) is 5.91 Å². The minimum Gasteiger partial charge on any atom is -0.339 e. The van der Waals surface area contributed by atoms with Crippen LogP contribution in [0.1, 0.15) is 28.9 Å². The number of piperidine rings is 1. The minimum atomic E-state index is 0.0617. The Morgan fingerprint density at radius 1 is 1.53 bits per heavy atom. The van der Waals surface area contributed by atoms with E-state index in [1.165, 1.54) is 0 Å². The molecule has 2 N–H and O–H groups in total. The molecule has 1 aromatic heterocycles. The lowest BCUT2D eigenvalue weighted by Crippen LogP contribution is -2.44. The third-order valence-electron chi connectivity index (χ3n) is 3.83. The van der Waals surface area contributed by atoms with Gasteiger partial charge in [0.15, 0.2) is 0 Å². The molecule has 104 valence electrons. The van der Waals surface area contributed by atoms with Crippen LogP contribution >= 0.6 is 0 Å². The first-order chi connectivity index (χ1) is 9.11. The van der Waals surface area contributed by atoms with Crippen LogP contribution in [0.3, 0.4) is 0 Å². The first-order valence-electron chi connectivity index (χ1n) is 6.72. The number of likely N-dealkylation sites (tertiary alicyclic amines) is 1. The Bertz CT molecular complexity index is 441.